The predicted molar refractivity (Wildman–Crippen MR) is 81.5 cm³/mol. The van der Waals surface area contributed by atoms with Crippen LogP contribution < -0.4 is 5.32 Å². The van der Waals surface area contributed by atoms with Crippen LogP contribution in [0.4, 0.5) is 0 Å². The first kappa shape index (κ1) is 12.7. The molecular formula is C17H24N2. The summed E-state index contributed by atoms with van der Waals surface area (Å²) in [6.07, 6.45) is 7.63. The van der Waals surface area contributed by atoms with Crippen molar-refractivity contribution in [1.29, 1.82) is 0 Å². The number of hydrogen-bond donors (Lipinski definition) is 1. The Morgan fingerprint density at radius 2 is 2.16 bits per heavy atom. The third-order valence-corrected chi connectivity index (χ3v) is 4.74. The van der Waals surface area contributed by atoms with E-state index in [1.165, 1.54) is 47.7 Å². The van der Waals surface area contributed by atoms with Crippen LogP contribution in [0.15, 0.2) is 24.4 Å². The second-order valence-corrected chi connectivity index (χ2v) is 6.08. The molecule has 1 aromatic heterocycles. The van der Waals surface area contributed by atoms with Gasteiger partial charge in [-0.3, -0.25) is 0 Å². The van der Waals surface area contributed by atoms with Crippen LogP contribution in [0.2, 0.25) is 0 Å². The van der Waals surface area contributed by atoms with Crippen LogP contribution in [0.1, 0.15) is 30.4 Å². The molecular weight excluding hydrogens is 232 g/mol. The van der Waals surface area contributed by atoms with Crippen LogP contribution in [0, 0.1) is 12.8 Å². The number of aryl methyl sites for hydroxylation is 2. The van der Waals surface area contributed by atoms with Crippen LogP contribution in [-0.2, 0) is 13.5 Å². The van der Waals surface area contributed by atoms with E-state index in [1.54, 1.807) is 0 Å². The van der Waals surface area contributed by atoms with E-state index in [2.05, 4.69) is 55.3 Å². The molecule has 0 saturated heterocycles. The summed E-state index contributed by atoms with van der Waals surface area (Å²) >= 11 is 0. The Hall–Kier alpha value is -1.28. The molecule has 0 aliphatic heterocycles. The van der Waals surface area contributed by atoms with Gasteiger partial charge in [-0.15, -0.1) is 0 Å². The molecule has 2 unspecified atom stereocenters. The quantitative estimate of drug-likeness (QED) is 0.890. The summed E-state index contributed by atoms with van der Waals surface area (Å²) in [6.45, 7) is 2.18. The Morgan fingerprint density at radius 1 is 1.32 bits per heavy atom. The van der Waals surface area contributed by atoms with Gasteiger partial charge < -0.3 is 9.88 Å². The van der Waals surface area contributed by atoms with E-state index in [-0.39, 0.29) is 0 Å². The fourth-order valence-corrected chi connectivity index (χ4v) is 3.69. The number of aromatic nitrogens is 1. The van der Waals surface area contributed by atoms with Crippen molar-refractivity contribution < 1.29 is 0 Å². The molecule has 1 heterocycles. The lowest BCUT2D eigenvalue weighted by atomic mass is 9.94. The minimum atomic E-state index is 0.708. The molecule has 1 N–H and O–H groups in total. The van der Waals surface area contributed by atoms with Gasteiger partial charge in [-0.1, -0.05) is 18.1 Å². The SMILES string of the molecule is CNC1CCCC1Cc1cn(C)c2ccc(C)cc12. The lowest BCUT2D eigenvalue weighted by molar-refractivity contribution is 0.424. The van der Waals surface area contributed by atoms with Gasteiger partial charge in [0.25, 0.3) is 0 Å². The largest absolute Gasteiger partial charge is 0.350 e. The minimum Gasteiger partial charge on any atom is -0.350 e. The zero-order valence-corrected chi connectivity index (χ0v) is 12.2. The van der Waals surface area contributed by atoms with Crippen molar-refractivity contribution in [3.63, 3.8) is 0 Å². The Balaban J connectivity index is 1.94. The molecule has 3 rings (SSSR count). The lowest BCUT2D eigenvalue weighted by Crippen LogP contribution is -2.29. The average molecular weight is 256 g/mol. The van der Waals surface area contributed by atoms with E-state index in [0.717, 1.165) is 5.92 Å². The molecule has 19 heavy (non-hydrogen) atoms. The molecule has 2 heteroatoms. The summed E-state index contributed by atoms with van der Waals surface area (Å²) < 4.78 is 2.27. The first-order chi connectivity index (χ1) is 9.19. The van der Waals surface area contributed by atoms with E-state index in [1.807, 2.05) is 0 Å². The van der Waals surface area contributed by atoms with Crippen LogP contribution in [0.25, 0.3) is 10.9 Å². The first-order valence-electron chi connectivity index (χ1n) is 7.41. The highest BCUT2D eigenvalue weighted by Gasteiger charge is 2.26. The van der Waals surface area contributed by atoms with Gasteiger partial charge in [0.1, 0.15) is 0 Å². The Labute approximate surface area is 115 Å². The summed E-state index contributed by atoms with van der Waals surface area (Å²) in [4.78, 5) is 0. The van der Waals surface area contributed by atoms with Crippen molar-refractivity contribution in [2.24, 2.45) is 13.0 Å². The van der Waals surface area contributed by atoms with Crippen molar-refractivity contribution in [1.82, 2.24) is 9.88 Å². The van der Waals surface area contributed by atoms with Gasteiger partial charge in [0, 0.05) is 30.2 Å². The molecule has 1 aliphatic carbocycles. The highest BCUT2D eigenvalue weighted by atomic mass is 14.9. The standard InChI is InChI=1S/C17H24N2/c1-12-7-8-17-15(9-12)14(11-19(17)3)10-13-5-4-6-16(13)18-2/h7-9,11,13,16,18H,4-6,10H2,1-3H3. The molecule has 2 nitrogen and oxygen atoms in total. The molecule has 0 bridgehead atoms. The molecule has 0 spiro atoms. The summed E-state index contributed by atoms with van der Waals surface area (Å²) in [5, 5.41) is 4.94. The van der Waals surface area contributed by atoms with Gasteiger partial charge >= 0.3 is 0 Å². The Morgan fingerprint density at radius 3 is 2.95 bits per heavy atom. The maximum atomic E-state index is 3.49. The number of fused-ring (bicyclic) bond motifs is 1. The molecule has 0 amide bonds. The van der Waals surface area contributed by atoms with E-state index >= 15 is 0 Å². The zero-order chi connectivity index (χ0) is 13.4. The van der Waals surface area contributed by atoms with Gasteiger partial charge in [0.05, 0.1) is 0 Å². The smallest absolute Gasteiger partial charge is 0.0480 e. The van der Waals surface area contributed by atoms with Gasteiger partial charge in [-0.25, -0.2) is 0 Å². The number of nitrogens with zero attached hydrogens (tertiary/aromatic N) is 1. The fraction of sp³-hybridized carbons (Fsp3) is 0.529. The molecule has 0 radical (unpaired) electrons. The predicted octanol–water partition coefficient (Wildman–Crippen LogP) is 3.42. The third-order valence-electron chi connectivity index (χ3n) is 4.74. The summed E-state index contributed by atoms with van der Waals surface area (Å²) in [7, 11) is 4.27. The number of benzene rings is 1. The lowest BCUT2D eigenvalue weighted by Gasteiger charge is -2.18. The van der Waals surface area contributed by atoms with Crippen molar-refractivity contribution in [2.45, 2.75) is 38.6 Å². The fourth-order valence-electron chi connectivity index (χ4n) is 3.69. The normalized spacial score (nSPS) is 23.3. The molecule has 1 aliphatic rings. The Kier molecular flexibility index (Phi) is 3.36. The maximum absolute atomic E-state index is 3.49. The van der Waals surface area contributed by atoms with Crippen LogP contribution in [-0.4, -0.2) is 17.7 Å². The molecule has 2 aromatic rings. The van der Waals surface area contributed by atoms with E-state index in [4.69, 9.17) is 0 Å². The first-order valence-corrected chi connectivity index (χ1v) is 7.41. The molecule has 102 valence electrons. The monoisotopic (exact) mass is 256 g/mol. The number of hydrogen-bond acceptors (Lipinski definition) is 1. The van der Waals surface area contributed by atoms with Crippen LogP contribution in [0.5, 0.6) is 0 Å². The van der Waals surface area contributed by atoms with Crippen molar-refractivity contribution in [3.05, 3.63) is 35.5 Å². The minimum absolute atomic E-state index is 0.708. The number of nitrogens with one attached hydrogen (secondary N) is 1. The molecule has 2 atom stereocenters. The van der Waals surface area contributed by atoms with Gasteiger partial charge in [0.15, 0.2) is 0 Å². The topological polar surface area (TPSA) is 17.0 Å². The summed E-state index contributed by atoms with van der Waals surface area (Å²) in [6, 6.07) is 7.50. The highest BCUT2D eigenvalue weighted by molar-refractivity contribution is 5.84. The molecule has 1 fully saturated rings. The summed E-state index contributed by atoms with van der Waals surface area (Å²) in [5.41, 5.74) is 4.24. The second-order valence-electron chi connectivity index (χ2n) is 6.08. The van der Waals surface area contributed by atoms with Gasteiger partial charge in [0.2, 0.25) is 0 Å². The molecule has 1 saturated carbocycles. The van der Waals surface area contributed by atoms with E-state index in [9.17, 15) is 0 Å². The Bertz CT molecular complexity index is 582. The van der Waals surface area contributed by atoms with Crippen LogP contribution >= 0.6 is 0 Å². The van der Waals surface area contributed by atoms with Crippen molar-refractivity contribution in [2.75, 3.05) is 7.05 Å². The number of rotatable bonds is 3. The molecule has 1 aromatic carbocycles. The van der Waals surface area contributed by atoms with Crippen molar-refractivity contribution in [3.8, 4) is 0 Å². The zero-order valence-electron chi connectivity index (χ0n) is 12.2. The maximum Gasteiger partial charge on any atom is 0.0480 e. The summed E-state index contributed by atoms with van der Waals surface area (Å²) in [5.74, 6) is 0.802. The van der Waals surface area contributed by atoms with Crippen molar-refractivity contribution >= 4 is 10.9 Å². The van der Waals surface area contributed by atoms with E-state index in [0.29, 0.717) is 6.04 Å². The van der Waals surface area contributed by atoms with Gasteiger partial charge in [-0.05, 0) is 56.8 Å². The van der Waals surface area contributed by atoms with E-state index < -0.39 is 0 Å². The third kappa shape index (κ3) is 2.30. The highest BCUT2D eigenvalue weighted by Crippen LogP contribution is 2.31. The van der Waals surface area contributed by atoms with Crippen LogP contribution in [0.3, 0.4) is 0 Å². The van der Waals surface area contributed by atoms with Gasteiger partial charge in [-0.2, -0.15) is 0 Å². The average Bonchev–Trinajstić information content (AvgIpc) is 2.95. The second kappa shape index (κ2) is 5.01.